The van der Waals surface area contributed by atoms with Crippen molar-refractivity contribution < 1.29 is 14.2 Å². The predicted molar refractivity (Wildman–Crippen MR) is 94.2 cm³/mol. The number of nitrogens with zero attached hydrogens (tertiary/aromatic N) is 2. The Morgan fingerprint density at radius 1 is 1.20 bits per heavy atom. The maximum Gasteiger partial charge on any atom is 0.229 e. The summed E-state index contributed by atoms with van der Waals surface area (Å²) in [6.07, 6.45) is 1.79. The highest BCUT2D eigenvalue weighted by Crippen LogP contribution is 2.37. The molecule has 0 aliphatic carbocycles. The number of benzene rings is 2. The van der Waals surface area contributed by atoms with Crippen LogP contribution in [0, 0.1) is 6.57 Å². The summed E-state index contributed by atoms with van der Waals surface area (Å²) in [5.41, 5.74) is 7.49. The van der Waals surface area contributed by atoms with E-state index in [4.69, 9.17) is 26.5 Å². The van der Waals surface area contributed by atoms with Gasteiger partial charge >= 0.3 is 0 Å². The van der Waals surface area contributed by atoms with Crippen LogP contribution >= 0.6 is 0 Å². The van der Waals surface area contributed by atoms with Crippen LogP contribution in [-0.4, -0.2) is 24.3 Å². The van der Waals surface area contributed by atoms with E-state index in [1.165, 1.54) is 0 Å². The number of fused-ring (bicyclic) bond motifs is 1. The van der Waals surface area contributed by atoms with Crippen molar-refractivity contribution in [2.24, 2.45) is 0 Å². The Bertz CT molecular complexity index is 960. The van der Waals surface area contributed by atoms with E-state index in [-0.39, 0.29) is 6.10 Å². The van der Waals surface area contributed by atoms with Crippen LogP contribution < -0.4 is 15.2 Å². The summed E-state index contributed by atoms with van der Waals surface area (Å²) in [6, 6.07) is 12.4. The van der Waals surface area contributed by atoms with Crippen molar-refractivity contribution >= 4 is 22.3 Å². The Morgan fingerprint density at radius 3 is 2.72 bits per heavy atom. The molecule has 0 bridgehead atoms. The van der Waals surface area contributed by atoms with Gasteiger partial charge in [0.1, 0.15) is 30.0 Å². The van der Waals surface area contributed by atoms with E-state index in [0.29, 0.717) is 47.4 Å². The molecule has 0 saturated carbocycles. The molecule has 1 aliphatic rings. The minimum absolute atomic E-state index is 0.127. The van der Waals surface area contributed by atoms with E-state index in [2.05, 4.69) is 9.83 Å². The molecule has 1 aliphatic heterocycles. The van der Waals surface area contributed by atoms with Crippen molar-refractivity contribution in [1.82, 2.24) is 4.98 Å². The lowest BCUT2D eigenvalue weighted by atomic mass is 10.1. The van der Waals surface area contributed by atoms with Gasteiger partial charge in [0, 0.05) is 17.3 Å². The van der Waals surface area contributed by atoms with Crippen LogP contribution in [0.4, 0.5) is 11.4 Å². The second-order valence-corrected chi connectivity index (χ2v) is 5.70. The minimum Gasteiger partial charge on any atom is -0.502 e. The monoisotopic (exact) mass is 333 g/mol. The molecule has 1 aromatic heterocycles. The molecule has 4 rings (SSSR count). The number of aromatic nitrogens is 1. The SMILES string of the molecule is [C-]#[N+]c1cc2c(Oc3ccc(N)cc3)ccnc2cc1OC[C@H]1CO1. The quantitative estimate of drug-likeness (QED) is 0.435. The molecular weight excluding hydrogens is 318 g/mol. The van der Waals surface area contributed by atoms with Crippen molar-refractivity contribution in [3.8, 4) is 17.2 Å². The van der Waals surface area contributed by atoms with Crippen LogP contribution in [-0.2, 0) is 4.74 Å². The molecule has 1 atom stereocenters. The van der Waals surface area contributed by atoms with Crippen molar-refractivity contribution in [3.63, 3.8) is 0 Å². The average Bonchev–Trinajstić information content (AvgIpc) is 3.46. The normalized spacial score (nSPS) is 15.6. The molecule has 6 heteroatoms. The zero-order chi connectivity index (χ0) is 17.2. The summed E-state index contributed by atoms with van der Waals surface area (Å²) in [6.45, 7) is 8.56. The lowest BCUT2D eigenvalue weighted by Gasteiger charge is -2.12. The Hall–Kier alpha value is -3.30. The number of epoxide rings is 1. The molecule has 2 aromatic carbocycles. The topological polar surface area (TPSA) is 74.3 Å². The van der Waals surface area contributed by atoms with Crippen LogP contribution in [0.2, 0.25) is 0 Å². The number of anilines is 1. The Balaban J connectivity index is 1.70. The number of pyridine rings is 1. The molecule has 1 fully saturated rings. The lowest BCUT2D eigenvalue weighted by molar-refractivity contribution is 0.264. The van der Waals surface area contributed by atoms with Gasteiger partial charge in [-0.05, 0) is 42.5 Å². The van der Waals surface area contributed by atoms with Crippen LogP contribution in [0.5, 0.6) is 17.2 Å². The molecule has 0 unspecified atom stereocenters. The summed E-state index contributed by atoms with van der Waals surface area (Å²) in [4.78, 5) is 7.93. The summed E-state index contributed by atoms with van der Waals surface area (Å²) in [5.74, 6) is 1.80. The molecule has 2 N–H and O–H groups in total. The third-order valence-electron chi connectivity index (χ3n) is 3.84. The van der Waals surface area contributed by atoms with Crippen molar-refractivity contribution in [2.45, 2.75) is 6.10 Å². The predicted octanol–water partition coefficient (Wildman–Crippen LogP) is 3.94. The summed E-state index contributed by atoms with van der Waals surface area (Å²) < 4.78 is 16.8. The fourth-order valence-corrected chi connectivity index (χ4v) is 2.44. The second-order valence-electron chi connectivity index (χ2n) is 5.70. The van der Waals surface area contributed by atoms with Gasteiger partial charge in [0.25, 0.3) is 0 Å². The third-order valence-corrected chi connectivity index (χ3v) is 3.84. The molecule has 2 heterocycles. The number of ether oxygens (including phenoxy) is 3. The number of rotatable bonds is 5. The summed E-state index contributed by atoms with van der Waals surface area (Å²) in [7, 11) is 0. The fourth-order valence-electron chi connectivity index (χ4n) is 2.44. The van der Waals surface area contributed by atoms with Gasteiger partial charge < -0.3 is 19.9 Å². The first-order chi connectivity index (χ1) is 12.2. The molecule has 0 spiro atoms. The van der Waals surface area contributed by atoms with Crippen molar-refractivity contribution in [1.29, 1.82) is 0 Å². The highest BCUT2D eigenvalue weighted by atomic mass is 16.6. The van der Waals surface area contributed by atoms with Crippen LogP contribution in [0.15, 0.2) is 48.7 Å². The number of hydrogen-bond donors (Lipinski definition) is 1. The first-order valence-electron chi connectivity index (χ1n) is 7.81. The molecular formula is C19H15N3O3. The van der Waals surface area contributed by atoms with Crippen LogP contribution in [0.3, 0.4) is 0 Å². The van der Waals surface area contributed by atoms with Gasteiger partial charge in [-0.15, -0.1) is 0 Å². The lowest BCUT2D eigenvalue weighted by Crippen LogP contribution is -2.04. The molecule has 3 aromatic rings. The van der Waals surface area contributed by atoms with Gasteiger partial charge in [0.2, 0.25) is 5.69 Å². The maximum atomic E-state index is 7.42. The van der Waals surface area contributed by atoms with Gasteiger partial charge in [-0.1, -0.05) is 0 Å². The summed E-state index contributed by atoms with van der Waals surface area (Å²) >= 11 is 0. The van der Waals surface area contributed by atoms with Crippen molar-refractivity contribution in [3.05, 3.63) is 60.1 Å². The molecule has 25 heavy (non-hydrogen) atoms. The van der Waals surface area contributed by atoms with E-state index in [9.17, 15) is 0 Å². The van der Waals surface area contributed by atoms with Crippen LogP contribution in [0.1, 0.15) is 0 Å². The molecule has 0 amide bonds. The van der Waals surface area contributed by atoms with E-state index in [1.807, 2.05) is 0 Å². The number of nitrogens with two attached hydrogens (primary N) is 1. The molecule has 0 radical (unpaired) electrons. The molecule has 1 saturated heterocycles. The largest absolute Gasteiger partial charge is 0.502 e. The minimum atomic E-state index is 0.127. The Kier molecular flexibility index (Phi) is 3.84. The van der Waals surface area contributed by atoms with Gasteiger partial charge in [0.05, 0.1) is 18.7 Å². The fraction of sp³-hybridized carbons (Fsp3) is 0.158. The number of hydrogen-bond acceptors (Lipinski definition) is 5. The molecule has 124 valence electrons. The zero-order valence-electron chi connectivity index (χ0n) is 13.3. The van der Waals surface area contributed by atoms with Gasteiger partial charge in [-0.25, -0.2) is 4.85 Å². The zero-order valence-corrected chi connectivity index (χ0v) is 13.3. The highest BCUT2D eigenvalue weighted by Gasteiger charge is 2.23. The van der Waals surface area contributed by atoms with Gasteiger partial charge in [0.15, 0.2) is 0 Å². The Labute approximate surface area is 144 Å². The first-order valence-corrected chi connectivity index (χ1v) is 7.81. The van der Waals surface area contributed by atoms with Gasteiger partial charge in [-0.2, -0.15) is 0 Å². The van der Waals surface area contributed by atoms with Crippen LogP contribution in [0.25, 0.3) is 15.7 Å². The average molecular weight is 333 g/mol. The van der Waals surface area contributed by atoms with E-state index < -0.39 is 0 Å². The third kappa shape index (κ3) is 3.32. The first kappa shape index (κ1) is 15.2. The van der Waals surface area contributed by atoms with E-state index in [1.54, 1.807) is 48.7 Å². The smallest absolute Gasteiger partial charge is 0.229 e. The standard InChI is InChI=1S/C19H15N3O3/c1-21-17-8-15-16(9-19(17)24-11-14-10-23-14)22-7-6-18(15)25-13-4-2-12(20)3-5-13/h2-9,14H,10-11,20H2/t14-/m1/s1. The highest BCUT2D eigenvalue weighted by molar-refractivity contribution is 5.91. The number of nitrogen functional groups attached to an aromatic ring is 1. The Morgan fingerprint density at radius 2 is 2.00 bits per heavy atom. The van der Waals surface area contributed by atoms with Crippen molar-refractivity contribution in [2.75, 3.05) is 18.9 Å². The van der Waals surface area contributed by atoms with E-state index in [0.717, 1.165) is 5.39 Å². The maximum absolute atomic E-state index is 7.42. The molecule has 6 nitrogen and oxygen atoms in total. The van der Waals surface area contributed by atoms with Gasteiger partial charge in [-0.3, -0.25) is 4.98 Å². The second kappa shape index (κ2) is 6.30. The summed E-state index contributed by atoms with van der Waals surface area (Å²) in [5, 5.41) is 0.750. The van der Waals surface area contributed by atoms with E-state index >= 15 is 0 Å².